The quantitative estimate of drug-likeness (QED) is 0.575. The highest BCUT2D eigenvalue weighted by molar-refractivity contribution is 7.81. The van der Waals surface area contributed by atoms with Crippen molar-refractivity contribution in [2.24, 2.45) is 5.92 Å². The second-order valence-corrected chi connectivity index (χ2v) is 2.50. The van der Waals surface area contributed by atoms with Crippen LogP contribution in [-0.2, 0) is 9.53 Å². The molecule has 1 rings (SSSR count). The topological polar surface area (TPSA) is 26.3 Å². The van der Waals surface area contributed by atoms with Gasteiger partial charge in [-0.05, 0) is 6.42 Å². The summed E-state index contributed by atoms with van der Waals surface area (Å²) in [5.74, 6) is 0.715. The average Bonchev–Trinajstić information content (AvgIpc) is 2.37. The highest BCUT2D eigenvalue weighted by atomic mass is 32.1. The summed E-state index contributed by atoms with van der Waals surface area (Å²) in [7, 11) is 0. The van der Waals surface area contributed by atoms with E-state index >= 15 is 0 Å². The van der Waals surface area contributed by atoms with E-state index in [0.29, 0.717) is 12.4 Å². The number of hydrogen-bond donors (Lipinski definition) is 1. The van der Waals surface area contributed by atoms with Crippen LogP contribution in [0.25, 0.3) is 0 Å². The first-order valence-electron chi connectivity index (χ1n) is 3.06. The molecule has 0 amide bonds. The third-order valence-corrected chi connectivity index (χ3v) is 1.85. The number of hydrogen-bond acceptors (Lipinski definition) is 3. The van der Waals surface area contributed by atoms with Gasteiger partial charge in [0.15, 0.2) is 0 Å². The lowest BCUT2D eigenvalue weighted by molar-refractivity contribution is -0.120. The Morgan fingerprint density at radius 1 is 1.78 bits per heavy atom. The standard InChI is InChI=1S/C6H10O2S/c7-6(4-9)5-1-2-8-3-5/h5,9H,1-4H2. The maximum absolute atomic E-state index is 10.9. The highest BCUT2D eigenvalue weighted by Gasteiger charge is 2.21. The minimum atomic E-state index is 0.141. The molecule has 0 aromatic rings. The van der Waals surface area contributed by atoms with Gasteiger partial charge in [0.05, 0.1) is 6.61 Å². The molecule has 0 saturated carbocycles. The fraction of sp³-hybridized carbons (Fsp3) is 0.833. The van der Waals surface area contributed by atoms with Crippen LogP contribution in [0.5, 0.6) is 0 Å². The van der Waals surface area contributed by atoms with E-state index in [0.717, 1.165) is 13.0 Å². The number of Topliss-reactive ketones (excluding diaryl/α,β-unsaturated/α-hetero) is 1. The molecule has 0 aliphatic carbocycles. The van der Waals surface area contributed by atoms with Crippen LogP contribution in [-0.4, -0.2) is 24.7 Å². The largest absolute Gasteiger partial charge is 0.381 e. The number of rotatable bonds is 2. The summed E-state index contributed by atoms with van der Waals surface area (Å²) in [5.41, 5.74) is 0. The zero-order chi connectivity index (χ0) is 6.69. The number of ketones is 1. The molecular weight excluding hydrogens is 136 g/mol. The smallest absolute Gasteiger partial charge is 0.147 e. The predicted octanol–water partition coefficient (Wildman–Crippen LogP) is 0.522. The molecule has 2 nitrogen and oxygen atoms in total. The van der Waals surface area contributed by atoms with Crippen molar-refractivity contribution in [1.29, 1.82) is 0 Å². The molecule has 0 aromatic heterocycles. The van der Waals surface area contributed by atoms with E-state index in [1.165, 1.54) is 0 Å². The van der Waals surface area contributed by atoms with Crippen LogP contribution in [0, 0.1) is 5.92 Å². The second-order valence-electron chi connectivity index (χ2n) is 2.18. The van der Waals surface area contributed by atoms with Crippen molar-refractivity contribution in [3.63, 3.8) is 0 Å². The fourth-order valence-corrected chi connectivity index (χ4v) is 1.18. The number of carbonyl (C=O) groups excluding carboxylic acids is 1. The summed E-state index contributed by atoms with van der Waals surface area (Å²) >= 11 is 3.89. The van der Waals surface area contributed by atoms with Gasteiger partial charge >= 0.3 is 0 Å². The van der Waals surface area contributed by atoms with Gasteiger partial charge in [-0.3, -0.25) is 4.79 Å². The minimum absolute atomic E-state index is 0.141. The molecular formula is C6H10O2S. The zero-order valence-electron chi connectivity index (χ0n) is 5.17. The lowest BCUT2D eigenvalue weighted by Crippen LogP contribution is -2.15. The molecule has 1 aliphatic rings. The molecule has 0 N–H and O–H groups in total. The van der Waals surface area contributed by atoms with Gasteiger partial charge in [-0.15, -0.1) is 0 Å². The molecule has 1 heterocycles. The van der Waals surface area contributed by atoms with Gasteiger partial charge < -0.3 is 4.74 Å². The lowest BCUT2D eigenvalue weighted by Gasteiger charge is -2.00. The van der Waals surface area contributed by atoms with Crippen LogP contribution in [0.1, 0.15) is 6.42 Å². The van der Waals surface area contributed by atoms with Crippen molar-refractivity contribution >= 4 is 18.4 Å². The van der Waals surface area contributed by atoms with Gasteiger partial charge in [0.25, 0.3) is 0 Å². The van der Waals surface area contributed by atoms with Crippen molar-refractivity contribution < 1.29 is 9.53 Å². The molecule has 1 aliphatic heterocycles. The number of carbonyl (C=O) groups is 1. The van der Waals surface area contributed by atoms with Crippen molar-refractivity contribution in [3.8, 4) is 0 Å². The van der Waals surface area contributed by atoms with E-state index in [9.17, 15) is 4.79 Å². The average molecular weight is 146 g/mol. The van der Waals surface area contributed by atoms with Gasteiger partial charge in [-0.25, -0.2) is 0 Å². The molecule has 9 heavy (non-hydrogen) atoms. The van der Waals surface area contributed by atoms with Gasteiger partial charge in [0, 0.05) is 18.3 Å². The molecule has 1 saturated heterocycles. The Morgan fingerprint density at radius 3 is 3.00 bits per heavy atom. The molecule has 1 fully saturated rings. The Kier molecular flexibility index (Phi) is 2.54. The molecule has 1 atom stereocenters. The number of ether oxygens (including phenoxy) is 1. The van der Waals surface area contributed by atoms with E-state index in [-0.39, 0.29) is 11.7 Å². The first kappa shape index (κ1) is 7.09. The molecule has 0 aromatic carbocycles. The van der Waals surface area contributed by atoms with E-state index in [1.54, 1.807) is 0 Å². The summed E-state index contributed by atoms with van der Waals surface area (Å²) in [6.07, 6.45) is 0.888. The van der Waals surface area contributed by atoms with Crippen LogP contribution in [0.15, 0.2) is 0 Å². The summed E-state index contributed by atoms with van der Waals surface area (Å²) in [6, 6.07) is 0. The van der Waals surface area contributed by atoms with Crippen LogP contribution < -0.4 is 0 Å². The zero-order valence-corrected chi connectivity index (χ0v) is 6.06. The Bertz CT molecular complexity index is 108. The van der Waals surface area contributed by atoms with Crippen LogP contribution in [0.2, 0.25) is 0 Å². The summed E-state index contributed by atoms with van der Waals surface area (Å²) in [6.45, 7) is 1.35. The second kappa shape index (κ2) is 3.22. The molecule has 1 unspecified atom stereocenters. The Morgan fingerprint density at radius 2 is 2.56 bits per heavy atom. The first-order valence-corrected chi connectivity index (χ1v) is 3.69. The normalized spacial score (nSPS) is 26.6. The third kappa shape index (κ3) is 1.69. The summed E-state index contributed by atoms with van der Waals surface area (Å²) < 4.78 is 5.03. The minimum Gasteiger partial charge on any atom is -0.381 e. The number of thiol groups is 1. The van der Waals surface area contributed by atoms with E-state index in [2.05, 4.69) is 12.6 Å². The van der Waals surface area contributed by atoms with Crippen molar-refractivity contribution in [1.82, 2.24) is 0 Å². The van der Waals surface area contributed by atoms with E-state index < -0.39 is 0 Å². The fourth-order valence-electron chi connectivity index (χ4n) is 0.918. The van der Waals surface area contributed by atoms with Crippen LogP contribution in [0.3, 0.4) is 0 Å². The van der Waals surface area contributed by atoms with Crippen molar-refractivity contribution in [3.05, 3.63) is 0 Å². The summed E-state index contributed by atoms with van der Waals surface area (Å²) in [5, 5.41) is 0. The van der Waals surface area contributed by atoms with E-state index in [1.807, 2.05) is 0 Å². The Hall–Kier alpha value is -0.0200. The van der Waals surface area contributed by atoms with Gasteiger partial charge in [0.1, 0.15) is 5.78 Å². The maximum Gasteiger partial charge on any atom is 0.147 e. The Labute approximate surface area is 60.0 Å². The van der Waals surface area contributed by atoms with Crippen molar-refractivity contribution in [2.75, 3.05) is 19.0 Å². The first-order chi connectivity index (χ1) is 4.34. The SMILES string of the molecule is O=C(CS)C1CCOC1. The maximum atomic E-state index is 10.9. The van der Waals surface area contributed by atoms with Crippen LogP contribution in [0.4, 0.5) is 0 Å². The van der Waals surface area contributed by atoms with Gasteiger partial charge in [-0.2, -0.15) is 12.6 Å². The molecule has 0 bridgehead atoms. The predicted molar refractivity (Wildman–Crippen MR) is 37.8 cm³/mol. The summed E-state index contributed by atoms with van der Waals surface area (Å²) in [4.78, 5) is 10.9. The van der Waals surface area contributed by atoms with Gasteiger partial charge in [0.2, 0.25) is 0 Å². The van der Waals surface area contributed by atoms with Crippen LogP contribution >= 0.6 is 12.6 Å². The van der Waals surface area contributed by atoms with Gasteiger partial charge in [-0.1, -0.05) is 0 Å². The molecule has 52 valence electrons. The Balaban J connectivity index is 2.32. The molecule has 3 heteroatoms. The van der Waals surface area contributed by atoms with E-state index in [4.69, 9.17) is 4.74 Å². The molecule has 0 radical (unpaired) electrons. The monoisotopic (exact) mass is 146 g/mol. The van der Waals surface area contributed by atoms with Crippen molar-refractivity contribution in [2.45, 2.75) is 6.42 Å². The lowest BCUT2D eigenvalue weighted by atomic mass is 10.1. The highest BCUT2D eigenvalue weighted by Crippen LogP contribution is 2.13. The third-order valence-electron chi connectivity index (χ3n) is 1.54. The molecule has 0 spiro atoms.